The standard InChI is InChI=1S/C17H21ClN8O3S/c18-12-14(20)24-13(19)11(23-12)15(27)25-17(21)22-8-3-5-26(6-4-8)7-9-1-2-10(30-9)16(28)29/h1-2,8H,3-7H2,(H,28,29)(H4,19,20,24)(H3,21,22,25,27). The second-order valence-electron chi connectivity index (χ2n) is 6.70. The number of nitrogen functional groups attached to an aromatic ring is 2. The molecule has 2 aromatic rings. The normalized spacial score (nSPS) is 15.8. The molecule has 11 nitrogen and oxygen atoms in total. The van der Waals surface area contributed by atoms with Crippen molar-refractivity contribution >= 4 is 52.4 Å². The summed E-state index contributed by atoms with van der Waals surface area (Å²) in [4.78, 5) is 38.1. The van der Waals surface area contributed by atoms with Crippen LogP contribution in [0.5, 0.6) is 0 Å². The number of halogens is 1. The van der Waals surface area contributed by atoms with E-state index < -0.39 is 11.9 Å². The van der Waals surface area contributed by atoms with Crippen molar-refractivity contribution in [2.24, 2.45) is 10.7 Å². The lowest BCUT2D eigenvalue weighted by Crippen LogP contribution is -2.47. The summed E-state index contributed by atoms with van der Waals surface area (Å²) < 4.78 is 0. The molecule has 160 valence electrons. The van der Waals surface area contributed by atoms with Crippen LogP contribution in [0.3, 0.4) is 0 Å². The Kier molecular flexibility index (Phi) is 6.70. The summed E-state index contributed by atoms with van der Waals surface area (Å²) in [5, 5.41) is 11.9. The Morgan fingerprint density at radius 1 is 1.27 bits per heavy atom. The second kappa shape index (κ2) is 9.24. The summed E-state index contributed by atoms with van der Waals surface area (Å²) in [7, 11) is 0. The number of carbonyl (C=O) groups is 2. The van der Waals surface area contributed by atoms with E-state index in [2.05, 4.69) is 25.2 Å². The molecule has 0 spiro atoms. The Hall–Kier alpha value is -2.96. The zero-order chi connectivity index (χ0) is 21.8. The summed E-state index contributed by atoms with van der Waals surface area (Å²) in [6, 6.07) is 3.51. The minimum atomic E-state index is -0.910. The molecule has 0 aromatic carbocycles. The topological polar surface area (TPSA) is 186 Å². The van der Waals surface area contributed by atoms with E-state index >= 15 is 0 Å². The number of thiophene rings is 1. The first-order valence-corrected chi connectivity index (χ1v) is 10.2. The van der Waals surface area contributed by atoms with Crippen LogP contribution in [0, 0.1) is 0 Å². The SMILES string of the molecule is N/C(=N\C(=O)c1nc(Cl)c(N)nc1N)NC1CCN(Cc2ccc(C(=O)O)s2)CC1. The fourth-order valence-electron chi connectivity index (χ4n) is 3.04. The number of likely N-dealkylation sites (tertiary alicyclic amines) is 1. The number of aromatic carboxylic acids is 1. The number of nitrogens with zero attached hydrogens (tertiary/aromatic N) is 4. The number of nitrogens with two attached hydrogens (primary N) is 3. The first kappa shape index (κ1) is 21.7. The van der Waals surface area contributed by atoms with Crippen molar-refractivity contribution in [3.05, 3.63) is 32.7 Å². The summed E-state index contributed by atoms with van der Waals surface area (Å²) in [6.45, 7) is 2.29. The first-order valence-electron chi connectivity index (χ1n) is 9.00. The number of hydrogen-bond acceptors (Lipinski definition) is 8. The average molecular weight is 453 g/mol. The van der Waals surface area contributed by atoms with Crippen LogP contribution in [0.25, 0.3) is 0 Å². The van der Waals surface area contributed by atoms with Gasteiger partial charge >= 0.3 is 11.9 Å². The van der Waals surface area contributed by atoms with E-state index in [-0.39, 0.29) is 34.5 Å². The molecule has 8 N–H and O–H groups in total. The number of aromatic nitrogens is 2. The van der Waals surface area contributed by atoms with Crippen LogP contribution < -0.4 is 22.5 Å². The molecule has 1 fully saturated rings. The van der Waals surface area contributed by atoms with Gasteiger partial charge in [0.15, 0.2) is 28.4 Å². The number of amides is 1. The van der Waals surface area contributed by atoms with Gasteiger partial charge in [-0.05, 0) is 25.0 Å². The third-order valence-corrected chi connectivity index (χ3v) is 5.86. The van der Waals surface area contributed by atoms with Crippen molar-refractivity contribution in [3.8, 4) is 0 Å². The van der Waals surface area contributed by atoms with Gasteiger partial charge in [0, 0.05) is 30.6 Å². The number of carboxylic acids is 1. The molecule has 0 radical (unpaired) electrons. The number of carbonyl (C=O) groups excluding carboxylic acids is 1. The second-order valence-corrected chi connectivity index (χ2v) is 8.23. The van der Waals surface area contributed by atoms with Gasteiger partial charge in [0.25, 0.3) is 0 Å². The maximum atomic E-state index is 12.2. The Labute approximate surface area is 180 Å². The van der Waals surface area contributed by atoms with Gasteiger partial charge in [-0.3, -0.25) is 9.69 Å². The minimum absolute atomic E-state index is 0.0445. The van der Waals surface area contributed by atoms with E-state index in [1.54, 1.807) is 6.07 Å². The Balaban J connectivity index is 1.52. The predicted molar refractivity (Wildman–Crippen MR) is 115 cm³/mol. The molecule has 1 saturated heterocycles. The highest BCUT2D eigenvalue weighted by molar-refractivity contribution is 7.13. The number of guanidine groups is 1. The number of piperidine rings is 1. The van der Waals surface area contributed by atoms with Crippen molar-refractivity contribution in [3.63, 3.8) is 0 Å². The molecule has 3 rings (SSSR count). The van der Waals surface area contributed by atoms with Crippen LogP contribution in [-0.4, -0.2) is 56.9 Å². The molecular formula is C17H21ClN8O3S. The molecule has 1 aliphatic rings. The van der Waals surface area contributed by atoms with Gasteiger partial charge in [-0.1, -0.05) is 11.6 Å². The summed E-state index contributed by atoms with van der Waals surface area (Å²) in [5.74, 6) is -1.97. The van der Waals surface area contributed by atoms with Crippen LogP contribution in [0.4, 0.5) is 11.6 Å². The van der Waals surface area contributed by atoms with E-state index in [1.165, 1.54) is 11.3 Å². The Morgan fingerprint density at radius 2 is 1.97 bits per heavy atom. The third-order valence-electron chi connectivity index (χ3n) is 4.52. The number of nitrogens with one attached hydrogen (secondary N) is 1. The number of anilines is 2. The van der Waals surface area contributed by atoms with E-state index in [1.807, 2.05) is 6.07 Å². The van der Waals surface area contributed by atoms with Crippen molar-refractivity contribution < 1.29 is 14.7 Å². The van der Waals surface area contributed by atoms with Crippen LogP contribution in [0.1, 0.15) is 37.9 Å². The zero-order valence-corrected chi connectivity index (χ0v) is 17.4. The summed E-state index contributed by atoms with van der Waals surface area (Å²) in [6.07, 6.45) is 1.58. The highest BCUT2D eigenvalue weighted by Crippen LogP contribution is 2.21. The van der Waals surface area contributed by atoms with Crippen molar-refractivity contribution in [1.29, 1.82) is 0 Å². The van der Waals surface area contributed by atoms with Crippen LogP contribution >= 0.6 is 22.9 Å². The molecule has 13 heteroatoms. The molecule has 0 bridgehead atoms. The van der Waals surface area contributed by atoms with E-state index in [9.17, 15) is 9.59 Å². The fourth-order valence-corrected chi connectivity index (χ4v) is 4.05. The Bertz CT molecular complexity index is 987. The lowest BCUT2D eigenvalue weighted by Gasteiger charge is -2.32. The molecule has 0 unspecified atom stereocenters. The van der Waals surface area contributed by atoms with Gasteiger partial charge in [0.05, 0.1) is 0 Å². The maximum Gasteiger partial charge on any atom is 0.345 e. The third kappa shape index (κ3) is 5.34. The number of carboxylic acid groups (broad SMARTS) is 1. The average Bonchev–Trinajstić information content (AvgIpc) is 3.15. The quantitative estimate of drug-likeness (QED) is 0.320. The van der Waals surface area contributed by atoms with E-state index in [0.29, 0.717) is 11.4 Å². The Morgan fingerprint density at radius 3 is 2.60 bits per heavy atom. The zero-order valence-electron chi connectivity index (χ0n) is 15.8. The maximum absolute atomic E-state index is 12.2. The van der Waals surface area contributed by atoms with Crippen molar-refractivity contribution in [2.45, 2.75) is 25.4 Å². The predicted octanol–water partition coefficient (Wildman–Crippen LogP) is 0.763. The first-order chi connectivity index (χ1) is 14.2. The molecule has 1 aliphatic heterocycles. The van der Waals surface area contributed by atoms with Gasteiger partial charge in [-0.2, -0.15) is 4.99 Å². The van der Waals surface area contributed by atoms with Crippen molar-refractivity contribution in [2.75, 3.05) is 24.6 Å². The highest BCUT2D eigenvalue weighted by Gasteiger charge is 2.21. The molecular weight excluding hydrogens is 432 g/mol. The van der Waals surface area contributed by atoms with Gasteiger partial charge < -0.3 is 27.6 Å². The van der Waals surface area contributed by atoms with Crippen molar-refractivity contribution in [1.82, 2.24) is 20.2 Å². The van der Waals surface area contributed by atoms with Gasteiger partial charge in [0.1, 0.15) is 4.88 Å². The molecule has 0 atom stereocenters. The van der Waals surface area contributed by atoms with Gasteiger partial charge in [0.2, 0.25) is 0 Å². The number of hydrogen-bond donors (Lipinski definition) is 5. The summed E-state index contributed by atoms with van der Waals surface area (Å²) >= 11 is 7.06. The minimum Gasteiger partial charge on any atom is -0.477 e. The molecule has 0 saturated carbocycles. The van der Waals surface area contributed by atoms with Crippen LogP contribution in [0.15, 0.2) is 17.1 Å². The molecule has 1 amide bonds. The molecule has 2 aromatic heterocycles. The smallest absolute Gasteiger partial charge is 0.345 e. The van der Waals surface area contributed by atoms with Gasteiger partial charge in [-0.15, -0.1) is 11.3 Å². The van der Waals surface area contributed by atoms with Gasteiger partial charge in [-0.25, -0.2) is 14.8 Å². The molecule has 30 heavy (non-hydrogen) atoms. The lowest BCUT2D eigenvalue weighted by atomic mass is 10.1. The van der Waals surface area contributed by atoms with E-state index in [0.717, 1.165) is 30.8 Å². The fraction of sp³-hybridized carbons (Fsp3) is 0.353. The number of rotatable bonds is 5. The highest BCUT2D eigenvalue weighted by atomic mass is 35.5. The molecule has 3 heterocycles. The van der Waals surface area contributed by atoms with Crippen LogP contribution in [0.2, 0.25) is 5.15 Å². The lowest BCUT2D eigenvalue weighted by molar-refractivity contribution is 0.0702. The van der Waals surface area contributed by atoms with Crippen LogP contribution in [-0.2, 0) is 6.54 Å². The number of aliphatic imine (C=N–C) groups is 1. The monoisotopic (exact) mass is 452 g/mol. The largest absolute Gasteiger partial charge is 0.477 e. The molecule has 0 aliphatic carbocycles. The van der Waals surface area contributed by atoms with E-state index in [4.69, 9.17) is 33.9 Å². The summed E-state index contributed by atoms with van der Waals surface area (Å²) in [5.41, 5.74) is 16.8.